The van der Waals surface area contributed by atoms with Gasteiger partial charge in [0.25, 0.3) is 5.91 Å². The number of benzene rings is 1. The smallest absolute Gasteiger partial charge is 0.358 e. The van der Waals surface area contributed by atoms with Gasteiger partial charge in [0, 0.05) is 30.4 Å². The molecule has 1 aromatic heterocycles. The highest BCUT2D eigenvalue weighted by Gasteiger charge is 2.49. The van der Waals surface area contributed by atoms with Crippen LogP contribution >= 0.6 is 0 Å². The fourth-order valence-electron chi connectivity index (χ4n) is 4.60. The number of carbonyl (C=O) groups excluding carboxylic acids is 4. The fourth-order valence-corrected chi connectivity index (χ4v) is 4.60. The lowest BCUT2D eigenvalue weighted by Gasteiger charge is -2.43. The van der Waals surface area contributed by atoms with Crippen LogP contribution in [0.5, 0.6) is 0 Å². The molecule has 0 radical (unpaired) electrons. The second-order valence-corrected chi connectivity index (χ2v) is 8.89. The molecule has 2 aromatic rings. The highest BCUT2D eigenvalue weighted by atomic mass is 16.5. The van der Waals surface area contributed by atoms with E-state index < -0.39 is 17.4 Å². The molecule has 0 saturated heterocycles. The van der Waals surface area contributed by atoms with Gasteiger partial charge < -0.3 is 15.4 Å². The molecule has 10 heteroatoms. The summed E-state index contributed by atoms with van der Waals surface area (Å²) in [5.74, 6) is -1.57. The van der Waals surface area contributed by atoms with Crippen molar-refractivity contribution in [3.8, 4) is 0 Å². The van der Waals surface area contributed by atoms with Gasteiger partial charge in [0.15, 0.2) is 5.69 Å². The third kappa shape index (κ3) is 4.40. The number of anilines is 2. The summed E-state index contributed by atoms with van der Waals surface area (Å²) in [6.45, 7) is 5.05. The first-order valence-electron chi connectivity index (χ1n) is 11.5. The van der Waals surface area contributed by atoms with Gasteiger partial charge >= 0.3 is 5.97 Å². The number of fused-ring (bicyclic) bond motifs is 1. The zero-order valence-electron chi connectivity index (χ0n) is 19.6. The number of ether oxygens (including phenoxy) is 1. The molecule has 2 heterocycles. The van der Waals surface area contributed by atoms with Crippen LogP contribution in [0.4, 0.5) is 11.4 Å². The summed E-state index contributed by atoms with van der Waals surface area (Å²) < 4.78 is 6.44. The van der Waals surface area contributed by atoms with Crippen molar-refractivity contribution in [3.05, 3.63) is 41.7 Å². The maximum atomic E-state index is 13.7. The van der Waals surface area contributed by atoms with E-state index in [0.29, 0.717) is 11.4 Å². The first-order valence-corrected chi connectivity index (χ1v) is 11.5. The standard InChI is InChI=1S/C24H29N5O5/c1-4-34-22(32)19-13-20-21(31)29(18-11-9-17(10-12-18)25-15(2)30)24(3,14-28(20)27-19)23(33)26-16-7-5-6-8-16/h9-13,16H,4-8,14H2,1-3H3,(H,25,30)(H,26,33)/t24-/m1/s1. The van der Waals surface area contributed by atoms with Crippen molar-refractivity contribution in [2.75, 3.05) is 16.8 Å². The normalized spacial score (nSPS) is 20.1. The number of rotatable bonds is 6. The average Bonchev–Trinajstić information content (AvgIpc) is 3.44. The summed E-state index contributed by atoms with van der Waals surface area (Å²) in [5, 5.41) is 10.1. The fraction of sp³-hybridized carbons (Fsp3) is 0.458. The van der Waals surface area contributed by atoms with Crippen molar-refractivity contribution in [1.82, 2.24) is 15.1 Å². The van der Waals surface area contributed by atoms with Crippen molar-refractivity contribution >= 4 is 35.1 Å². The topological polar surface area (TPSA) is 123 Å². The van der Waals surface area contributed by atoms with E-state index in [-0.39, 0.29) is 42.4 Å². The second kappa shape index (κ2) is 9.28. The van der Waals surface area contributed by atoms with E-state index >= 15 is 0 Å². The number of amides is 3. The molecule has 3 amide bonds. The lowest BCUT2D eigenvalue weighted by atomic mass is 9.93. The van der Waals surface area contributed by atoms with E-state index in [0.717, 1.165) is 25.7 Å². The van der Waals surface area contributed by atoms with Crippen molar-refractivity contribution in [2.24, 2.45) is 0 Å². The van der Waals surface area contributed by atoms with E-state index in [4.69, 9.17) is 4.74 Å². The van der Waals surface area contributed by atoms with E-state index in [1.807, 2.05) is 0 Å². The van der Waals surface area contributed by atoms with E-state index in [1.165, 1.54) is 22.6 Å². The van der Waals surface area contributed by atoms with Crippen LogP contribution in [-0.2, 0) is 20.9 Å². The Morgan fingerprint density at radius 2 is 1.85 bits per heavy atom. The van der Waals surface area contributed by atoms with Gasteiger partial charge in [-0.3, -0.25) is 24.0 Å². The van der Waals surface area contributed by atoms with Crippen LogP contribution in [0.25, 0.3) is 0 Å². The van der Waals surface area contributed by atoms with Crippen LogP contribution in [0.15, 0.2) is 30.3 Å². The first-order chi connectivity index (χ1) is 16.2. The lowest BCUT2D eigenvalue weighted by molar-refractivity contribution is -0.127. The molecule has 2 N–H and O–H groups in total. The summed E-state index contributed by atoms with van der Waals surface area (Å²) in [7, 11) is 0. The van der Waals surface area contributed by atoms with Gasteiger partial charge in [0.2, 0.25) is 11.8 Å². The van der Waals surface area contributed by atoms with Crippen molar-refractivity contribution < 1.29 is 23.9 Å². The molecule has 4 rings (SSSR count). The number of nitrogens with zero attached hydrogens (tertiary/aromatic N) is 3. The molecule has 2 aliphatic rings. The summed E-state index contributed by atoms with van der Waals surface area (Å²) in [4.78, 5) is 52.3. The predicted octanol–water partition coefficient (Wildman–Crippen LogP) is 2.50. The van der Waals surface area contributed by atoms with Crippen LogP contribution in [0.2, 0.25) is 0 Å². The third-order valence-corrected chi connectivity index (χ3v) is 6.26. The molecule has 0 unspecified atom stereocenters. The second-order valence-electron chi connectivity index (χ2n) is 8.89. The molecular weight excluding hydrogens is 438 g/mol. The zero-order chi connectivity index (χ0) is 24.5. The van der Waals surface area contributed by atoms with Gasteiger partial charge in [-0.15, -0.1) is 0 Å². The van der Waals surface area contributed by atoms with Gasteiger partial charge in [-0.1, -0.05) is 12.8 Å². The molecular formula is C24H29N5O5. The van der Waals surface area contributed by atoms with Gasteiger partial charge in [0.05, 0.1) is 13.2 Å². The number of nitrogens with one attached hydrogen (secondary N) is 2. The molecule has 10 nitrogen and oxygen atoms in total. The minimum absolute atomic E-state index is 0.0200. The largest absolute Gasteiger partial charge is 0.461 e. The van der Waals surface area contributed by atoms with Crippen molar-refractivity contribution in [3.63, 3.8) is 0 Å². The maximum Gasteiger partial charge on any atom is 0.358 e. The number of hydrogen-bond acceptors (Lipinski definition) is 6. The third-order valence-electron chi connectivity index (χ3n) is 6.26. The minimum Gasteiger partial charge on any atom is -0.461 e. The van der Waals surface area contributed by atoms with Gasteiger partial charge in [0.1, 0.15) is 11.2 Å². The van der Waals surface area contributed by atoms with Gasteiger partial charge in [-0.05, 0) is 51.0 Å². The van der Waals surface area contributed by atoms with Crippen LogP contribution in [-0.4, -0.2) is 51.7 Å². The maximum absolute atomic E-state index is 13.7. The van der Waals surface area contributed by atoms with Crippen molar-refractivity contribution in [1.29, 1.82) is 0 Å². The monoisotopic (exact) mass is 467 g/mol. The molecule has 0 bridgehead atoms. The Morgan fingerprint density at radius 1 is 1.18 bits per heavy atom. The Bertz CT molecular complexity index is 1120. The number of hydrogen-bond donors (Lipinski definition) is 2. The molecule has 1 fully saturated rings. The van der Waals surface area contributed by atoms with Crippen molar-refractivity contribution in [2.45, 2.75) is 64.6 Å². The minimum atomic E-state index is -1.29. The summed E-state index contributed by atoms with van der Waals surface area (Å²) in [6.07, 6.45) is 3.92. The highest BCUT2D eigenvalue weighted by Crippen LogP contribution is 2.34. The summed E-state index contributed by atoms with van der Waals surface area (Å²) in [5.41, 5.74) is -0.00680. The molecule has 1 saturated carbocycles. The van der Waals surface area contributed by atoms with Crippen LogP contribution in [0.3, 0.4) is 0 Å². The Hall–Kier alpha value is -3.69. The zero-order valence-corrected chi connectivity index (χ0v) is 19.6. The Labute approximate surface area is 197 Å². The lowest BCUT2D eigenvalue weighted by Crippen LogP contribution is -2.65. The number of aromatic nitrogens is 2. The van der Waals surface area contributed by atoms with Crippen LogP contribution in [0, 0.1) is 0 Å². The molecule has 1 atom stereocenters. The Balaban J connectivity index is 1.73. The molecule has 0 spiro atoms. The summed E-state index contributed by atoms with van der Waals surface area (Å²) >= 11 is 0. The highest BCUT2D eigenvalue weighted by molar-refractivity contribution is 6.12. The van der Waals surface area contributed by atoms with Gasteiger partial charge in [-0.25, -0.2) is 4.79 Å². The summed E-state index contributed by atoms with van der Waals surface area (Å²) in [6, 6.07) is 8.18. The van der Waals surface area contributed by atoms with E-state index in [9.17, 15) is 19.2 Å². The average molecular weight is 468 g/mol. The Morgan fingerprint density at radius 3 is 2.47 bits per heavy atom. The molecule has 1 aromatic carbocycles. The number of carbonyl (C=O) groups is 4. The molecule has 1 aliphatic heterocycles. The van der Waals surface area contributed by atoms with E-state index in [1.54, 1.807) is 38.1 Å². The first kappa shape index (κ1) is 23.5. The van der Waals surface area contributed by atoms with Gasteiger partial charge in [-0.2, -0.15) is 5.10 Å². The molecule has 34 heavy (non-hydrogen) atoms. The van der Waals surface area contributed by atoms with E-state index in [2.05, 4.69) is 15.7 Å². The quantitative estimate of drug-likeness (QED) is 0.630. The Kier molecular flexibility index (Phi) is 6.41. The SMILES string of the molecule is CCOC(=O)c1cc2n(n1)C[C@](C)(C(=O)NC1CCCC1)N(c1ccc(NC(C)=O)cc1)C2=O. The van der Waals surface area contributed by atoms with Crippen LogP contribution < -0.4 is 15.5 Å². The number of esters is 1. The molecule has 1 aliphatic carbocycles. The molecule has 180 valence electrons. The predicted molar refractivity (Wildman–Crippen MR) is 125 cm³/mol. The van der Waals surface area contributed by atoms with Crippen LogP contribution in [0.1, 0.15) is 67.4 Å².